The molecular formula is C25H24FN7O3. The van der Waals surface area contributed by atoms with E-state index in [-0.39, 0.29) is 17.5 Å². The maximum atomic E-state index is 14.4. The van der Waals surface area contributed by atoms with Crippen molar-refractivity contribution in [1.82, 2.24) is 19.7 Å². The van der Waals surface area contributed by atoms with E-state index in [1.165, 1.54) is 18.3 Å². The molecule has 3 heterocycles. The van der Waals surface area contributed by atoms with Crippen molar-refractivity contribution in [2.45, 2.75) is 18.9 Å². The number of hydrogen-bond donors (Lipinski definition) is 4. The number of amidine groups is 1. The molecule has 1 aliphatic heterocycles. The van der Waals surface area contributed by atoms with Crippen molar-refractivity contribution >= 4 is 11.5 Å². The quantitative estimate of drug-likeness (QED) is 0.231. The number of pyridine rings is 1. The van der Waals surface area contributed by atoms with Crippen molar-refractivity contribution in [1.29, 1.82) is 5.41 Å². The van der Waals surface area contributed by atoms with Crippen LogP contribution in [0.25, 0.3) is 5.82 Å². The number of aromatic amines is 1. The van der Waals surface area contributed by atoms with E-state index in [2.05, 4.69) is 20.4 Å². The number of nitrogen functional groups attached to an aromatic ring is 1. The van der Waals surface area contributed by atoms with Gasteiger partial charge in [-0.25, -0.2) is 14.2 Å². The fourth-order valence-electron chi connectivity index (χ4n) is 4.16. The third-order valence-corrected chi connectivity index (χ3v) is 5.90. The van der Waals surface area contributed by atoms with Gasteiger partial charge in [0.25, 0.3) is 0 Å². The average molecular weight is 490 g/mol. The van der Waals surface area contributed by atoms with Gasteiger partial charge >= 0.3 is 5.69 Å². The minimum atomic E-state index is -0.672. The Morgan fingerprint density at radius 3 is 2.83 bits per heavy atom. The molecule has 5 N–H and O–H groups in total. The Hall–Kier alpha value is -4.67. The van der Waals surface area contributed by atoms with Crippen LogP contribution in [-0.4, -0.2) is 39.3 Å². The van der Waals surface area contributed by atoms with Gasteiger partial charge < -0.3 is 20.5 Å². The third-order valence-electron chi connectivity index (χ3n) is 5.90. The Labute approximate surface area is 205 Å². The van der Waals surface area contributed by atoms with Crippen LogP contribution in [-0.2, 0) is 6.42 Å². The van der Waals surface area contributed by atoms with Crippen molar-refractivity contribution in [2.75, 3.05) is 19.0 Å². The number of fused-ring (bicyclic) bond motifs is 1. The Morgan fingerprint density at radius 2 is 2.11 bits per heavy atom. The second kappa shape index (κ2) is 9.53. The van der Waals surface area contributed by atoms with E-state index in [1.807, 2.05) is 12.1 Å². The molecule has 0 fully saturated rings. The minimum absolute atomic E-state index is 0.0435. The molecule has 2 aromatic carbocycles. The SMILES string of the molecule is COc1cc([C@H](Nc2ccc(C(=N)N)cc2)c2nn(-c3ncccc3F)c(=O)[nH]2)cc2c1OCCC2. The Kier molecular flexibility index (Phi) is 6.11. The highest BCUT2D eigenvalue weighted by Crippen LogP contribution is 2.39. The van der Waals surface area contributed by atoms with Gasteiger partial charge in [0, 0.05) is 17.4 Å². The number of ether oxygens (including phenoxy) is 2. The lowest BCUT2D eigenvalue weighted by molar-refractivity contribution is 0.269. The van der Waals surface area contributed by atoms with Crippen LogP contribution in [0.5, 0.6) is 11.5 Å². The number of methoxy groups -OCH3 is 1. The number of aryl methyl sites for hydroxylation is 1. The van der Waals surface area contributed by atoms with E-state index in [4.69, 9.17) is 20.6 Å². The number of benzene rings is 2. The van der Waals surface area contributed by atoms with Crippen LogP contribution in [0.4, 0.5) is 10.1 Å². The van der Waals surface area contributed by atoms with E-state index < -0.39 is 17.5 Å². The van der Waals surface area contributed by atoms with Crippen LogP contribution in [0.2, 0.25) is 0 Å². The van der Waals surface area contributed by atoms with Gasteiger partial charge in [-0.3, -0.25) is 10.4 Å². The maximum absolute atomic E-state index is 14.4. The van der Waals surface area contributed by atoms with Crippen LogP contribution >= 0.6 is 0 Å². The number of anilines is 1. The molecule has 0 amide bonds. The van der Waals surface area contributed by atoms with Gasteiger partial charge in [0.1, 0.15) is 11.9 Å². The lowest BCUT2D eigenvalue weighted by Crippen LogP contribution is -2.18. The predicted molar refractivity (Wildman–Crippen MR) is 132 cm³/mol. The summed E-state index contributed by atoms with van der Waals surface area (Å²) in [6, 6.07) is 12.8. The second-order valence-corrected chi connectivity index (χ2v) is 8.27. The summed E-state index contributed by atoms with van der Waals surface area (Å²) in [6.45, 7) is 0.611. The van der Waals surface area contributed by atoms with E-state index in [1.54, 1.807) is 31.4 Å². The van der Waals surface area contributed by atoms with E-state index in [0.717, 1.165) is 28.7 Å². The average Bonchev–Trinajstić information content (AvgIpc) is 3.27. The number of nitrogens with zero attached hydrogens (tertiary/aromatic N) is 3. The third kappa shape index (κ3) is 4.38. The molecule has 1 aliphatic rings. The highest BCUT2D eigenvalue weighted by atomic mass is 19.1. The molecule has 0 saturated heterocycles. The Morgan fingerprint density at radius 1 is 1.31 bits per heavy atom. The molecule has 0 saturated carbocycles. The van der Waals surface area contributed by atoms with Crippen LogP contribution in [0, 0.1) is 11.2 Å². The molecule has 36 heavy (non-hydrogen) atoms. The van der Waals surface area contributed by atoms with Crippen LogP contribution in [0.1, 0.15) is 35.0 Å². The highest BCUT2D eigenvalue weighted by Gasteiger charge is 2.25. The standard InChI is InChI=1S/C25H24FN7O3/c1-35-19-13-16(12-15-4-3-11-36-21(15)19)20(30-17-8-6-14(7-9-17)22(27)28)23-31-25(34)33(32-23)24-18(26)5-2-10-29-24/h2,5-10,12-13,20,30H,3-4,11H2,1H3,(H3,27,28)(H,31,32,34)/t20-/m0/s1. The molecular weight excluding hydrogens is 465 g/mol. The summed E-state index contributed by atoms with van der Waals surface area (Å²) in [5.74, 6) is 0.600. The van der Waals surface area contributed by atoms with Gasteiger partial charge in [-0.1, -0.05) is 0 Å². The molecule has 0 aliphatic carbocycles. The predicted octanol–water partition coefficient (Wildman–Crippen LogP) is 2.91. The normalized spacial score (nSPS) is 13.4. The zero-order valence-corrected chi connectivity index (χ0v) is 19.4. The number of halogens is 1. The molecule has 10 nitrogen and oxygen atoms in total. The van der Waals surface area contributed by atoms with Crippen LogP contribution in [0.15, 0.2) is 59.5 Å². The number of aromatic nitrogens is 4. The first-order chi connectivity index (χ1) is 17.4. The van der Waals surface area contributed by atoms with Gasteiger partial charge in [-0.2, -0.15) is 4.68 Å². The molecule has 5 rings (SSSR count). The zero-order chi connectivity index (χ0) is 25.2. The van der Waals surface area contributed by atoms with Crippen molar-refractivity contribution < 1.29 is 13.9 Å². The van der Waals surface area contributed by atoms with Crippen LogP contribution in [0.3, 0.4) is 0 Å². The Bertz CT molecular complexity index is 1460. The van der Waals surface area contributed by atoms with Gasteiger partial charge in [0.2, 0.25) is 0 Å². The fraction of sp³-hybridized carbons (Fsp3) is 0.200. The number of hydrogen-bond acceptors (Lipinski definition) is 7. The van der Waals surface area contributed by atoms with Crippen molar-refractivity contribution in [3.05, 3.63) is 93.5 Å². The monoisotopic (exact) mass is 489 g/mol. The first-order valence-electron chi connectivity index (χ1n) is 11.3. The zero-order valence-electron chi connectivity index (χ0n) is 19.4. The number of rotatable bonds is 7. The van der Waals surface area contributed by atoms with Crippen molar-refractivity contribution in [3.63, 3.8) is 0 Å². The summed E-state index contributed by atoms with van der Waals surface area (Å²) in [4.78, 5) is 19.5. The maximum Gasteiger partial charge on any atom is 0.349 e. The van der Waals surface area contributed by atoms with Gasteiger partial charge in [0.05, 0.1) is 13.7 Å². The van der Waals surface area contributed by atoms with Gasteiger partial charge in [-0.15, -0.1) is 5.10 Å². The summed E-state index contributed by atoms with van der Waals surface area (Å²) in [5, 5.41) is 15.4. The molecule has 4 aromatic rings. The lowest BCUT2D eigenvalue weighted by Gasteiger charge is -2.24. The molecule has 184 valence electrons. The summed E-state index contributed by atoms with van der Waals surface area (Å²) in [6.07, 6.45) is 3.07. The summed E-state index contributed by atoms with van der Waals surface area (Å²) >= 11 is 0. The van der Waals surface area contributed by atoms with Crippen LogP contribution < -0.4 is 26.2 Å². The molecule has 1 atom stereocenters. The molecule has 0 unspecified atom stereocenters. The lowest BCUT2D eigenvalue weighted by atomic mass is 9.97. The first kappa shape index (κ1) is 23.1. The largest absolute Gasteiger partial charge is 0.493 e. The molecule has 0 spiro atoms. The first-order valence-corrected chi connectivity index (χ1v) is 11.3. The number of nitrogens with one attached hydrogen (secondary N) is 3. The van der Waals surface area contributed by atoms with E-state index in [0.29, 0.717) is 29.4 Å². The molecule has 0 radical (unpaired) electrons. The number of nitrogens with two attached hydrogens (primary N) is 1. The molecule has 11 heteroatoms. The van der Waals surface area contributed by atoms with E-state index in [9.17, 15) is 9.18 Å². The second-order valence-electron chi connectivity index (χ2n) is 8.27. The van der Waals surface area contributed by atoms with Gasteiger partial charge in [-0.05, 0) is 72.5 Å². The minimum Gasteiger partial charge on any atom is -0.493 e. The highest BCUT2D eigenvalue weighted by molar-refractivity contribution is 5.95. The summed E-state index contributed by atoms with van der Waals surface area (Å²) in [5.41, 5.74) is 7.95. The molecule has 0 bridgehead atoms. The number of H-pyrrole nitrogens is 1. The summed E-state index contributed by atoms with van der Waals surface area (Å²) < 4.78 is 26.7. The summed E-state index contributed by atoms with van der Waals surface area (Å²) in [7, 11) is 1.57. The fourth-order valence-corrected chi connectivity index (χ4v) is 4.16. The smallest absolute Gasteiger partial charge is 0.349 e. The molecule has 2 aromatic heterocycles. The van der Waals surface area contributed by atoms with Crippen molar-refractivity contribution in [3.8, 4) is 17.3 Å². The Balaban J connectivity index is 1.62. The van der Waals surface area contributed by atoms with Gasteiger partial charge in [0.15, 0.2) is 29.0 Å². The topological polar surface area (TPSA) is 144 Å². The van der Waals surface area contributed by atoms with Crippen molar-refractivity contribution in [2.24, 2.45) is 5.73 Å². The van der Waals surface area contributed by atoms with E-state index >= 15 is 0 Å².